The zero-order chi connectivity index (χ0) is 22.2. The molecule has 0 bridgehead atoms. The molecular weight excluding hydrogens is 396 g/mol. The molecule has 0 heterocycles. The van der Waals surface area contributed by atoms with Crippen LogP contribution in [-0.4, -0.2) is 24.5 Å². The first-order chi connectivity index (χ1) is 14.9. The van der Waals surface area contributed by atoms with Crippen molar-refractivity contribution in [1.29, 1.82) is 0 Å². The largest absolute Gasteiger partial charge is 0.352 e. The Labute approximate surface area is 181 Å². The minimum absolute atomic E-state index is 0.234. The minimum atomic E-state index is -0.652. The third-order valence-electron chi connectivity index (χ3n) is 5.08. The molecular formula is C25H27F2N3O. The van der Waals surface area contributed by atoms with Crippen LogP contribution in [0.3, 0.4) is 0 Å². The summed E-state index contributed by atoms with van der Waals surface area (Å²) in [6.45, 7) is 2.42. The lowest BCUT2D eigenvalue weighted by Gasteiger charge is -2.25. The van der Waals surface area contributed by atoms with E-state index in [1.807, 2.05) is 30.3 Å². The zero-order valence-electron chi connectivity index (χ0n) is 17.4. The lowest BCUT2D eigenvalue weighted by molar-refractivity contribution is -0.119. The predicted octanol–water partition coefficient (Wildman–Crippen LogP) is 3.80. The SMILES string of the molecule is CC(=O)N[C@@H](Cc1cc(F)cc(F)c1)C(N)CNCc1ccccc1-c1ccccc1. The van der Waals surface area contributed by atoms with Crippen molar-refractivity contribution in [2.45, 2.75) is 32.0 Å². The molecule has 0 aliphatic rings. The molecule has 3 aromatic carbocycles. The summed E-state index contributed by atoms with van der Waals surface area (Å²) in [5.41, 5.74) is 10.2. The van der Waals surface area contributed by atoms with Crippen molar-refractivity contribution in [2.24, 2.45) is 5.73 Å². The van der Waals surface area contributed by atoms with E-state index in [4.69, 9.17) is 5.73 Å². The van der Waals surface area contributed by atoms with Gasteiger partial charge >= 0.3 is 0 Å². The first-order valence-corrected chi connectivity index (χ1v) is 10.2. The van der Waals surface area contributed by atoms with E-state index in [9.17, 15) is 13.6 Å². The Bertz CT molecular complexity index is 990. The number of carbonyl (C=O) groups excluding carboxylic acids is 1. The summed E-state index contributed by atoms with van der Waals surface area (Å²) in [6, 6.07) is 20.7. The molecule has 2 atom stereocenters. The molecule has 3 aromatic rings. The molecule has 6 heteroatoms. The fourth-order valence-electron chi connectivity index (χ4n) is 3.64. The van der Waals surface area contributed by atoms with Crippen LogP contribution in [0.2, 0.25) is 0 Å². The summed E-state index contributed by atoms with van der Waals surface area (Å²) < 4.78 is 27.1. The molecule has 31 heavy (non-hydrogen) atoms. The standard InChI is InChI=1S/C25H27F2N3O/c1-17(31)30-25(13-18-11-21(26)14-22(27)12-18)24(28)16-29-15-20-9-5-6-10-23(20)19-7-3-2-4-8-19/h2-12,14,24-25,29H,13,15-16,28H2,1H3,(H,30,31)/t24?,25-/m0/s1. The van der Waals surface area contributed by atoms with E-state index in [1.165, 1.54) is 19.1 Å². The molecule has 0 saturated heterocycles. The maximum absolute atomic E-state index is 13.5. The average molecular weight is 424 g/mol. The average Bonchev–Trinajstić information content (AvgIpc) is 2.73. The van der Waals surface area contributed by atoms with E-state index in [0.29, 0.717) is 18.7 Å². The lowest BCUT2D eigenvalue weighted by Crippen LogP contribution is -2.52. The van der Waals surface area contributed by atoms with Gasteiger partial charge in [-0.3, -0.25) is 4.79 Å². The van der Waals surface area contributed by atoms with Crippen LogP contribution in [0.15, 0.2) is 72.8 Å². The zero-order valence-corrected chi connectivity index (χ0v) is 17.4. The van der Waals surface area contributed by atoms with E-state index in [-0.39, 0.29) is 12.3 Å². The van der Waals surface area contributed by atoms with Crippen LogP contribution in [-0.2, 0) is 17.8 Å². The molecule has 0 aliphatic carbocycles. The van der Waals surface area contributed by atoms with Gasteiger partial charge in [0.1, 0.15) is 11.6 Å². The van der Waals surface area contributed by atoms with Gasteiger partial charge in [-0.05, 0) is 40.8 Å². The quantitative estimate of drug-likeness (QED) is 0.491. The van der Waals surface area contributed by atoms with Crippen molar-refractivity contribution in [3.05, 3.63) is 95.6 Å². The van der Waals surface area contributed by atoms with Crippen LogP contribution in [0.25, 0.3) is 11.1 Å². The van der Waals surface area contributed by atoms with Crippen molar-refractivity contribution < 1.29 is 13.6 Å². The van der Waals surface area contributed by atoms with Crippen LogP contribution >= 0.6 is 0 Å². The molecule has 0 aliphatic heterocycles. The van der Waals surface area contributed by atoms with Gasteiger partial charge < -0.3 is 16.4 Å². The van der Waals surface area contributed by atoms with E-state index in [2.05, 4.69) is 34.9 Å². The van der Waals surface area contributed by atoms with E-state index in [0.717, 1.165) is 22.8 Å². The second kappa shape index (κ2) is 10.8. The molecule has 1 amide bonds. The van der Waals surface area contributed by atoms with Crippen molar-refractivity contribution in [1.82, 2.24) is 10.6 Å². The number of hydrogen-bond acceptors (Lipinski definition) is 3. The highest BCUT2D eigenvalue weighted by atomic mass is 19.1. The third kappa shape index (κ3) is 6.70. The van der Waals surface area contributed by atoms with Crippen molar-refractivity contribution in [3.8, 4) is 11.1 Å². The number of benzene rings is 3. The first kappa shape index (κ1) is 22.6. The normalized spacial score (nSPS) is 12.9. The number of nitrogens with two attached hydrogens (primary N) is 1. The summed E-state index contributed by atoms with van der Waals surface area (Å²) >= 11 is 0. The Kier molecular flexibility index (Phi) is 7.87. The summed E-state index contributed by atoms with van der Waals surface area (Å²) in [6.07, 6.45) is 0.234. The lowest BCUT2D eigenvalue weighted by atomic mass is 9.98. The van der Waals surface area contributed by atoms with Crippen LogP contribution in [0.1, 0.15) is 18.1 Å². The van der Waals surface area contributed by atoms with E-state index < -0.39 is 23.7 Å². The highest BCUT2D eigenvalue weighted by Gasteiger charge is 2.20. The van der Waals surface area contributed by atoms with Gasteiger partial charge in [-0.1, -0.05) is 54.6 Å². The fourth-order valence-corrected chi connectivity index (χ4v) is 3.64. The molecule has 162 valence electrons. The van der Waals surface area contributed by atoms with Gasteiger partial charge in [-0.2, -0.15) is 0 Å². The summed E-state index contributed by atoms with van der Waals surface area (Å²) in [5.74, 6) is -1.55. The van der Waals surface area contributed by atoms with Crippen LogP contribution in [0.5, 0.6) is 0 Å². The fraction of sp³-hybridized carbons (Fsp3) is 0.240. The number of hydrogen-bond donors (Lipinski definition) is 3. The molecule has 0 saturated carbocycles. The number of halogens is 2. The Balaban J connectivity index is 1.65. The van der Waals surface area contributed by atoms with Crippen molar-refractivity contribution in [2.75, 3.05) is 6.54 Å². The second-order valence-electron chi connectivity index (χ2n) is 7.61. The number of amides is 1. The highest BCUT2D eigenvalue weighted by molar-refractivity contribution is 5.73. The molecule has 4 nitrogen and oxygen atoms in total. The van der Waals surface area contributed by atoms with Gasteiger partial charge in [0, 0.05) is 38.2 Å². The molecule has 0 fully saturated rings. The number of rotatable bonds is 9. The monoisotopic (exact) mass is 423 g/mol. The van der Waals surface area contributed by atoms with Crippen LogP contribution < -0.4 is 16.4 Å². The minimum Gasteiger partial charge on any atom is -0.352 e. The molecule has 1 unspecified atom stereocenters. The van der Waals surface area contributed by atoms with Crippen molar-refractivity contribution >= 4 is 5.91 Å². The van der Waals surface area contributed by atoms with Crippen LogP contribution in [0, 0.1) is 11.6 Å². The van der Waals surface area contributed by atoms with Gasteiger partial charge in [0.2, 0.25) is 5.91 Å². The molecule has 0 radical (unpaired) electrons. The topological polar surface area (TPSA) is 67.2 Å². The van der Waals surface area contributed by atoms with Crippen LogP contribution in [0.4, 0.5) is 8.78 Å². The molecule has 3 rings (SSSR count). The first-order valence-electron chi connectivity index (χ1n) is 10.2. The van der Waals surface area contributed by atoms with Gasteiger partial charge in [0.15, 0.2) is 0 Å². The smallest absolute Gasteiger partial charge is 0.217 e. The summed E-state index contributed by atoms with van der Waals surface area (Å²) in [7, 11) is 0. The van der Waals surface area contributed by atoms with Crippen molar-refractivity contribution in [3.63, 3.8) is 0 Å². The number of nitrogens with one attached hydrogen (secondary N) is 2. The van der Waals surface area contributed by atoms with E-state index in [1.54, 1.807) is 0 Å². The Hall–Kier alpha value is -3.09. The van der Waals surface area contributed by atoms with E-state index >= 15 is 0 Å². The summed E-state index contributed by atoms with van der Waals surface area (Å²) in [5, 5.41) is 6.15. The second-order valence-corrected chi connectivity index (χ2v) is 7.61. The Morgan fingerprint density at radius 2 is 1.61 bits per heavy atom. The predicted molar refractivity (Wildman–Crippen MR) is 119 cm³/mol. The molecule has 0 aromatic heterocycles. The molecule has 0 spiro atoms. The highest BCUT2D eigenvalue weighted by Crippen LogP contribution is 2.23. The Morgan fingerprint density at radius 1 is 0.968 bits per heavy atom. The maximum atomic E-state index is 13.5. The van der Waals surface area contributed by atoms with Gasteiger partial charge in [0.05, 0.1) is 0 Å². The number of carbonyl (C=O) groups is 1. The van der Waals surface area contributed by atoms with Gasteiger partial charge in [-0.25, -0.2) is 8.78 Å². The molecule has 4 N–H and O–H groups in total. The van der Waals surface area contributed by atoms with Gasteiger partial charge in [-0.15, -0.1) is 0 Å². The maximum Gasteiger partial charge on any atom is 0.217 e. The van der Waals surface area contributed by atoms with Gasteiger partial charge in [0.25, 0.3) is 0 Å². The third-order valence-corrected chi connectivity index (χ3v) is 5.08. The summed E-state index contributed by atoms with van der Waals surface area (Å²) in [4.78, 5) is 11.6. The Morgan fingerprint density at radius 3 is 2.29 bits per heavy atom.